The third kappa shape index (κ3) is 3.10. The molecule has 0 aromatic carbocycles. The summed E-state index contributed by atoms with van der Waals surface area (Å²) in [6.45, 7) is 4.79. The van der Waals surface area contributed by atoms with Crippen molar-refractivity contribution >= 4 is 11.7 Å². The topological polar surface area (TPSA) is 93.5 Å². The van der Waals surface area contributed by atoms with Crippen molar-refractivity contribution in [2.45, 2.75) is 26.3 Å². The Morgan fingerprint density at radius 2 is 2.00 bits per heavy atom. The summed E-state index contributed by atoms with van der Waals surface area (Å²) in [5.41, 5.74) is 7.25. The lowest BCUT2D eigenvalue weighted by Gasteiger charge is -2.21. The van der Waals surface area contributed by atoms with Gasteiger partial charge in [0.1, 0.15) is 5.84 Å². The first-order valence-corrected chi connectivity index (χ1v) is 3.23. The summed E-state index contributed by atoms with van der Waals surface area (Å²) in [6.07, 6.45) is 0. The van der Waals surface area contributed by atoms with Crippen LogP contribution in [0, 0.1) is 0 Å². The molecule has 0 bridgehead atoms. The van der Waals surface area contributed by atoms with E-state index in [1.54, 1.807) is 13.8 Å². The van der Waals surface area contributed by atoms with E-state index < -0.39 is 5.54 Å². The molecule has 64 valence electrons. The smallest absolute Gasteiger partial charge is 0.244 e. The first kappa shape index (κ1) is 10.1. The lowest BCUT2D eigenvalue weighted by atomic mass is 10.1. The molecule has 0 aliphatic carbocycles. The molecule has 0 fully saturated rings. The van der Waals surface area contributed by atoms with Gasteiger partial charge in [-0.25, -0.2) is 5.43 Å². The Kier molecular flexibility index (Phi) is 3.16. The van der Waals surface area contributed by atoms with Gasteiger partial charge in [0.2, 0.25) is 5.91 Å². The molecule has 5 heteroatoms. The van der Waals surface area contributed by atoms with E-state index in [9.17, 15) is 4.79 Å². The van der Waals surface area contributed by atoms with Crippen molar-refractivity contribution < 1.29 is 4.79 Å². The molecule has 0 heterocycles. The van der Waals surface area contributed by atoms with Crippen molar-refractivity contribution in [1.29, 1.82) is 0 Å². The summed E-state index contributed by atoms with van der Waals surface area (Å²) in [4.78, 5) is 14.0. The molecule has 0 aromatic heterocycles. The molecule has 11 heavy (non-hydrogen) atoms. The van der Waals surface area contributed by atoms with Crippen molar-refractivity contribution in [2.75, 3.05) is 0 Å². The zero-order valence-electron chi connectivity index (χ0n) is 7.01. The molecule has 0 atom stereocenters. The van der Waals surface area contributed by atoms with Crippen molar-refractivity contribution in [3.8, 4) is 0 Å². The molecule has 0 radical (unpaired) electrons. The van der Waals surface area contributed by atoms with E-state index in [2.05, 4.69) is 10.4 Å². The normalized spacial score (nSPS) is 13.3. The van der Waals surface area contributed by atoms with Crippen LogP contribution in [-0.4, -0.2) is 17.3 Å². The maximum atomic E-state index is 10.5. The van der Waals surface area contributed by atoms with Gasteiger partial charge in [-0.15, -0.1) is 0 Å². The molecule has 0 aromatic rings. The number of nitrogens with zero attached hydrogens (tertiary/aromatic N) is 1. The van der Waals surface area contributed by atoms with Crippen molar-refractivity contribution in [2.24, 2.45) is 16.6 Å². The van der Waals surface area contributed by atoms with Crippen LogP contribution in [0.25, 0.3) is 0 Å². The van der Waals surface area contributed by atoms with Gasteiger partial charge in [0.25, 0.3) is 0 Å². The monoisotopic (exact) mass is 158 g/mol. The number of aliphatic imine (C=N–C) groups is 1. The predicted molar refractivity (Wildman–Crippen MR) is 43.7 cm³/mol. The van der Waals surface area contributed by atoms with Gasteiger partial charge in [-0.1, -0.05) is 0 Å². The Morgan fingerprint density at radius 1 is 1.55 bits per heavy atom. The number of nitrogens with one attached hydrogen (secondary N) is 1. The molecular weight excluding hydrogens is 144 g/mol. The molecule has 0 saturated carbocycles. The molecule has 0 saturated heterocycles. The summed E-state index contributed by atoms with van der Waals surface area (Å²) in [6, 6.07) is 0. The fraction of sp³-hybridized carbons (Fsp3) is 0.667. The summed E-state index contributed by atoms with van der Waals surface area (Å²) >= 11 is 0. The maximum absolute atomic E-state index is 10.5. The van der Waals surface area contributed by atoms with Gasteiger partial charge >= 0.3 is 0 Å². The van der Waals surface area contributed by atoms with Crippen LogP contribution in [0.5, 0.6) is 0 Å². The summed E-state index contributed by atoms with van der Waals surface area (Å²) in [5.74, 6) is 5.02. The Bertz CT molecular complexity index is 185. The number of amides is 1. The van der Waals surface area contributed by atoms with Crippen molar-refractivity contribution in [3.05, 3.63) is 0 Å². The number of amidine groups is 1. The maximum Gasteiger partial charge on any atom is 0.244 e. The fourth-order valence-electron chi connectivity index (χ4n) is 0.383. The standard InChI is InChI=1S/C6H14N4O/c1-4(11)9-5(7)6(2,3)10-8/h10H,8H2,1-3H3,(H2,7,9,11). The molecule has 0 spiro atoms. The van der Waals surface area contributed by atoms with Crippen LogP contribution in [0.1, 0.15) is 20.8 Å². The summed E-state index contributed by atoms with van der Waals surface area (Å²) < 4.78 is 0. The quantitative estimate of drug-likeness (QED) is 0.211. The Balaban J connectivity index is 4.46. The minimum absolute atomic E-state index is 0.188. The van der Waals surface area contributed by atoms with Gasteiger partial charge in [-0.3, -0.25) is 10.6 Å². The van der Waals surface area contributed by atoms with Gasteiger partial charge in [0, 0.05) is 6.92 Å². The Hall–Kier alpha value is -0.940. The van der Waals surface area contributed by atoms with Crippen LogP contribution in [0.4, 0.5) is 0 Å². The summed E-state index contributed by atoms with van der Waals surface area (Å²) in [5, 5.41) is 0. The van der Waals surface area contributed by atoms with E-state index in [1.165, 1.54) is 6.92 Å². The number of hydrazine groups is 1. The number of rotatable bonds is 2. The van der Waals surface area contributed by atoms with E-state index in [-0.39, 0.29) is 11.7 Å². The van der Waals surface area contributed by atoms with Crippen LogP contribution in [0.2, 0.25) is 0 Å². The highest BCUT2D eigenvalue weighted by Gasteiger charge is 2.20. The molecule has 0 aliphatic heterocycles. The molecule has 5 nitrogen and oxygen atoms in total. The van der Waals surface area contributed by atoms with Crippen molar-refractivity contribution in [3.63, 3.8) is 0 Å². The second-order valence-electron chi connectivity index (χ2n) is 2.79. The highest BCUT2D eigenvalue weighted by Crippen LogP contribution is 1.99. The summed E-state index contributed by atoms with van der Waals surface area (Å²) in [7, 11) is 0. The first-order chi connectivity index (χ1) is 4.90. The minimum Gasteiger partial charge on any atom is -0.385 e. The van der Waals surface area contributed by atoms with Crippen LogP contribution in [0.3, 0.4) is 0 Å². The second kappa shape index (κ2) is 3.45. The first-order valence-electron chi connectivity index (χ1n) is 3.23. The van der Waals surface area contributed by atoms with Gasteiger partial charge in [0.15, 0.2) is 0 Å². The van der Waals surface area contributed by atoms with Gasteiger partial charge in [0.05, 0.1) is 5.54 Å². The zero-order chi connectivity index (χ0) is 9.07. The Labute approximate surface area is 65.8 Å². The van der Waals surface area contributed by atoms with Crippen LogP contribution in [-0.2, 0) is 4.79 Å². The lowest BCUT2D eigenvalue weighted by Crippen LogP contribution is -2.54. The largest absolute Gasteiger partial charge is 0.385 e. The van der Waals surface area contributed by atoms with E-state index in [0.717, 1.165) is 0 Å². The number of hydrogen-bond donors (Lipinski definition) is 3. The van der Waals surface area contributed by atoms with Gasteiger partial charge in [-0.05, 0) is 13.8 Å². The number of hydrogen-bond acceptors (Lipinski definition) is 3. The third-order valence-electron chi connectivity index (χ3n) is 1.28. The molecule has 0 rings (SSSR count). The molecule has 5 N–H and O–H groups in total. The average Bonchev–Trinajstić information content (AvgIpc) is 1.86. The van der Waals surface area contributed by atoms with Crippen molar-refractivity contribution in [1.82, 2.24) is 5.43 Å². The van der Waals surface area contributed by atoms with E-state index in [1.807, 2.05) is 0 Å². The van der Waals surface area contributed by atoms with Gasteiger partial charge in [-0.2, -0.15) is 4.99 Å². The van der Waals surface area contributed by atoms with E-state index in [4.69, 9.17) is 11.6 Å². The highest BCUT2D eigenvalue weighted by molar-refractivity contribution is 5.97. The predicted octanol–water partition coefficient (Wildman–Crippen LogP) is -0.868. The van der Waals surface area contributed by atoms with Gasteiger partial charge < -0.3 is 5.73 Å². The number of nitrogens with two attached hydrogens (primary N) is 2. The second-order valence-corrected chi connectivity index (χ2v) is 2.79. The van der Waals surface area contributed by atoms with E-state index >= 15 is 0 Å². The van der Waals surface area contributed by atoms with Crippen LogP contribution >= 0.6 is 0 Å². The molecule has 0 aliphatic rings. The molecule has 0 unspecified atom stereocenters. The third-order valence-corrected chi connectivity index (χ3v) is 1.28. The van der Waals surface area contributed by atoms with E-state index in [0.29, 0.717) is 0 Å². The Morgan fingerprint density at radius 3 is 2.27 bits per heavy atom. The fourth-order valence-corrected chi connectivity index (χ4v) is 0.383. The average molecular weight is 158 g/mol. The van der Waals surface area contributed by atoms with Crippen LogP contribution < -0.4 is 17.0 Å². The number of carbonyl (C=O) groups is 1. The minimum atomic E-state index is -0.633. The lowest BCUT2D eigenvalue weighted by molar-refractivity contribution is -0.115. The molecule has 1 amide bonds. The number of carbonyl (C=O) groups excluding carboxylic acids is 1. The SMILES string of the molecule is CC(=O)N=C(N)C(C)(C)NN. The highest BCUT2D eigenvalue weighted by atomic mass is 16.1. The molecular formula is C6H14N4O. The van der Waals surface area contributed by atoms with Crippen LogP contribution in [0.15, 0.2) is 4.99 Å². The zero-order valence-corrected chi connectivity index (χ0v) is 7.01.